The van der Waals surface area contributed by atoms with Crippen molar-refractivity contribution in [3.63, 3.8) is 0 Å². The molecule has 0 spiro atoms. The molecule has 3 aliphatic rings. The smallest absolute Gasteiger partial charge is 0.134 e. The molecular formula is C19H18ClNOS. The maximum Gasteiger partial charge on any atom is 0.134 e. The van der Waals surface area contributed by atoms with E-state index in [2.05, 4.69) is 41.6 Å². The maximum atomic E-state index is 10.1. The van der Waals surface area contributed by atoms with Crippen molar-refractivity contribution in [3.05, 3.63) is 63.5 Å². The van der Waals surface area contributed by atoms with Gasteiger partial charge in [-0.3, -0.25) is 0 Å². The lowest BCUT2D eigenvalue weighted by Gasteiger charge is -2.22. The molecule has 0 aromatic heterocycles. The first-order valence-electron chi connectivity index (χ1n) is 7.79. The van der Waals surface area contributed by atoms with E-state index in [0.717, 1.165) is 19.5 Å². The van der Waals surface area contributed by atoms with Crippen LogP contribution in [0.15, 0.2) is 41.8 Å². The van der Waals surface area contributed by atoms with Crippen LogP contribution in [0.1, 0.15) is 22.6 Å². The van der Waals surface area contributed by atoms with E-state index in [9.17, 15) is 5.11 Å². The fraction of sp³-hybridized carbons (Fsp3) is 0.263. The highest BCUT2D eigenvalue weighted by Gasteiger charge is 2.27. The van der Waals surface area contributed by atoms with Crippen molar-refractivity contribution in [1.29, 1.82) is 0 Å². The molecule has 23 heavy (non-hydrogen) atoms. The monoisotopic (exact) mass is 343 g/mol. The Labute approximate surface area is 145 Å². The molecule has 0 saturated carbocycles. The van der Waals surface area contributed by atoms with Crippen LogP contribution in [0.5, 0.6) is 5.75 Å². The topological polar surface area (TPSA) is 23.5 Å². The van der Waals surface area contributed by atoms with Gasteiger partial charge in [0.25, 0.3) is 0 Å². The molecule has 1 aromatic carbocycles. The van der Waals surface area contributed by atoms with Crippen molar-refractivity contribution in [1.82, 2.24) is 4.90 Å². The highest BCUT2D eigenvalue weighted by molar-refractivity contribution is 7.13. The first-order chi connectivity index (χ1) is 11.1. The average Bonchev–Trinajstić information content (AvgIpc) is 2.91. The minimum atomic E-state index is 0.180. The largest absolute Gasteiger partial charge is 0.506 e. The van der Waals surface area contributed by atoms with Crippen LogP contribution in [0.2, 0.25) is 5.02 Å². The van der Waals surface area contributed by atoms with Gasteiger partial charge in [-0.25, -0.2) is 0 Å². The van der Waals surface area contributed by atoms with Crippen LogP contribution in [0.25, 0.3) is 10.4 Å². The summed E-state index contributed by atoms with van der Waals surface area (Å²) in [5.74, 6) is 0.441. The number of phenols is 1. The van der Waals surface area contributed by atoms with Gasteiger partial charge in [-0.15, -0.1) is 11.3 Å². The van der Waals surface area contributed by atoms with Crippen LogP contribution in [-0.4, -0.2) is 30.1 Å². The van der Waals surface area contributed by atoms with Gasteiger partial charge in [-0.1, -0.05) is 35.9 Å². The van der Waals surface area contributed by atoms with Crippen LogP contribution < -0.4 is 0 Å². The van der Waals surface area contributed by atoms with Crippen LogP contribution in [0, 0.1) is 0 Å². The van der Waals surface area contributed by atoms with Crippen LogP contribution in [0.4, 0.5) is 0 Å². The Morgan fingerprint density at radius 2 is 2.09 bits per heavy atom. The third kappa shape index (κ3) is 2.63. The van der Waals surface area contributed by atoms with E-state index < -0.39 is 0 Å². The number of halogens is 1. The molecule has 1 unspecified atom stereocenters. The molecule has 2 aliphatic heterocycles. The molecule has 1 N–H and O–H groups in total. The lowest BCUT2D eigenvalue weighted by atomic mass is 9.88. The molecule has 1 atom stereocenters. The normalized spacial score (nSPS) is 18.8. The summed E-state index contributed by atoms with van der Waals surface area (Å²) in [5, 5.41) is 12.7. The Morgan fingerprint density at radius 3 is 2.96 bits per heavy atom. The third-order valence-electron chi connectivity index (χ3n) is 4.72. The third-order valence-corrected chi connectivity index (χ3v) is 6.03. The Kier molecular flexibility index (Phi) is 3.80. The minimum absolute atomic E-state index is 0.180. The summed E-state index contributed by atoms with van der Waals surface area (Å²) < 4.78 is 0. The summed E-state index contributed by atoms with van der Waals surface area (Å²) in [6, 6.07) is 12.5. The number of rotatable bonds is 1. The summed E-state index contributed by atoms with van der Waals surface area (Å²) in [4.78, 5) is 3.70. The lowest BCUT2D eigenvalue weighted by molar-refractivity contribution is 0.338. The SMILES string of the molecule is CN1CCc2cc(Cl)c(O)cc2C(c2ccc3cccsc2-3)C1. The minimum Gasteiger partial charge on any atom is -0.506 e. The van der Waals surface area contributed by atoms with Gasteiger partial charge >= 0.3 is 0 Å². The number of benzene rings is 1. The molecule has 4 heteroatoms. The Balaban J connectivity index is 1.89. The van der Waals surface area contributed by atoms with Gasteiger partial charge < -0.3 is 10.0 Å². The summed E-state index contributed by atoms with van der Waals surface area (Å²) >= 11 is 7.93. The zero-order chi connectivity index (χ0) is 16.0. The number of phenolic OH excluding ortho intramolecular Hbond substituents is 1. The molecule has 0 amide bonds. The second kappa shape index (κ2) is 5.82. The molecule has 0 radical (unpaired) electrons. The fourth-order valence-electron chi connectivity index (χ4n) is 3.53. The van der Waals surface area contributed by atoms with E-state index in [4.69, 9.17) is 11.6 Å². The van der Waals surface area contributed by atoms with Gasteiger partial charge in [0.1, 0.15) is 5.75 Å². The highest BCUT2D eigenvalue weighted by Crippen LogP contribution is 2.42. The zero-order valence-corrected chi connectivity index (χ0v) is 14.5. The average molecular weight is 344 g/mol. The molecule has 1 aliphatic carbocycles. The van der Waals surface area contributed by atoms with Crippen molar-refractivity contribution >= 4 is 22.9 Å². The number of fused-ring (bicyclic) bond motifs is 2. The van der Waals surface area contributed by atoms with Crippen LogP contribution in [0.3, 0.4) is 0 Å². The van der Waals surface area contributed by atoms with Crippen molar-refractivity contribution < 1.29 is 5.11 Å². The molecular weight excluding hydrogens is 326 g/mol. The number of likely N-dealkylation sites (N-methyl/N-ethyl adjacent to an activating group) is 1. The van der Waals surface area contributed by atoms with Crippen molar-refractivity contribution in [2.75, 3.05) is 20.1 Å². The molecule has 4 rings (SSSR count). The Bertz CT molecular complexity index is 828. The Hall–Kier alpha value is -1.55. The summed E-state index contributed by atoms with van der Waals surface area (Å²) in [6.45, 7) is 1.96. The fourth-order valence-corrected chi connectivity index (χ4v) is 4.63. The molecule has 2 heterocycles. The van der Waals surface area contributed by atoms with Gasteiger partial charge in [0.05, 0.1) is 5.02 Å². The second-order valence-corrected chi connectivity index (χ2v) is 7.58. The number of hydrogen-bond donors (Lipinski definition) is 1. The molecule has 0 saturated heterocycles. The first-order valence-corrected chi connectivity index (χ1v) is 9.05. The first kappa shape index (κ1) is 15.0. The molecule has 1 aromatic rings. The van der Waals surface area contributed by atoms with E-state index in [1.807, 2.05) is 12.1 Å². The molecule has 2 nitrogen and oxygen atoms in total. The molecule has 0 bridgehead atoms. The summed E-state index contributed by atoms with van der Waals surface area (Å²) in [6.07, 6.45) is 0.963. The van der Waals surface area contributed by atoms with Crippen LogP contribution >= 0.6 is 22.9 Å². The number of nitrogens with zero attached hydrogens (tertiary/aromatic N) is 1. The van der Waals surface area contributed by atoms with Gasteiger partial charge in [0, 0.05) is 23.9 Å². The van der Waals surface area contributed by atoms with Gasteiger partial charge in [0.2, 0.25) is 0 Å². The predicted octanol–water partition coefficient (Wildman–Crippen LogP) is 4.83. The molecule has 0 fully saturated rings. The summed E-state index contributed by atoms with van der Waals surface area (Å²) in [5.41, 5.74) is 5.10. The number of hydrogen-bond acceptors (Lipinski definition) is 3. The van der Waals surface area contributed by atoms with E-state index in [0.29, 0.717) is 5.02 Å². The van der Waals surface area contributed by atoms with E-state index in [-0.39, 0.29) is 11.7 Å². The van der Waals surface area contributed by atoms with Crippen molar-refractivity contribution in [2.45, 2.75) is 12.3 Å². The van der Waals surface area contributed by atoms with Gasteiger partial charge in [-0.05, 0) is 53.2 Å². The summed E-state index contributed by atoms with van der Waals surface area (Å²) in [7, 11) is 2.16. The maximum absolute atomic E-state index is 10.1. The highest BCUT2D eigenvalue weighted by atomic mass is 35.5. The predicted molar refractivity (Wildman–Crippen MR) is 97.1 cm³/mol. The quantitative estimate of drug-likeness (QED) is 0.684. The van der Waals surface area contributed by atoms with Crippen LogP contribution in [-0.2, 0) is 6.42 Å². The van der Waals surface area contributed by atoms with E-state index in [1.165, 1.54) is 27.1 Å². The van der Waals surface area contributed by atoms with Crippen molar-refractivity contribution in [2.24, 2.45) is 0 Å². The number of aromatic hydroxyl groups is 1. The standard InChI is InChI=1S/C19H18ClNOS/c1-21-7-6-13-9-17(20)18(22)10-15(13)16(11-21)14-5-4-12-3-2-8-23-19(12)14/h2-5,8-10,16,22H,6-7,11H2,1H3. The van der Waals surface area contributed by atoms with Gasteiger partial charge in [0.15, 0.2) is 0 Å². The Morgan fingerprint density at radius 1 is 1.22 bits per heavy atom. The van der Waals surface area contributed by atoms with Crippen molar-refractivity contribution in [3.8, 4) is 16.2 Å². The second-order valence-electron chi connectivity index (χ2n) is 6.25. The molecule has 118 valence electrons. The zero-order valence-electron chi connectivity index (χ0n) is 12.9. The van der Waals surface area contributed by atoms with E-state index >= 15 is 0 Å². The van der Waals surface area contributed by atoms with Gasteiger partial charge in [-0.2, -0.15) is 0 Å². The van der Waals surface area contributed by atoms with E-state index in [1.54, 1.807) is 11.3 Å². The lowest BCUT2D eigenvalue weighted by Crippen LogP contribution is -2.24.